The van der Waals surface area contributed by atoms with E-state index in [2.05, 4.69) is 41.5 Å². The molecule has 0 aliphatic carbocycles. The first-order chi connectivity index (χ1) is 51.2. The van der Waals surface area contributed by atoms with E-state index < -0.39 is 108 Å². The van der Waals surface area contributed by atoms with Crippen LogP contribution < -0.4 is 31.9 Å². The summed E-state index contributed by atoms with van der Waals surface area (Å²) in [5, 5.41) is 155. The first kappa shape index (κ1) is 104. The predicted molar refractivity (Wildman–Crippen MR) is 425 cm³/mol. The number of hydrogen-bond acceptors (Lipinski definition) is 25. The van der Waals surface area contributed by atoms with Crippen LogP contribution in [0, 0.1) is 5.92 Å². The van der Waals surface area contributed by atoms with Crippen molar-refractivity contribution in [1.29, 1.82) is 0 Å². The highest BCUT2D eigenvalue weighted by molar-refractivity contribution is 6.46. The van der Waals surface area contributed by atoms with Crippen LogP contribution >= 0.6 is 0 Å². The van der Waals surface area contributed by atoms with Gasteiger partial charge in [0.05, 0.1) is 13.2 Å². The molecule has 0 saturated heterocycles. The molecule has 30 nitrogen and oxygen atoms in total. The van der Waals surface area contributed by atoms with E-state index in [1.165, 1.54) is 96.3 Å². The summed E-state index contributed by atoms with van der Waals surface area (Å²) in [5.74, 6) is -2.60. The molecule has 0 heterocycles. The highest BCUT2D eigenvalue weighted by atomic mass is 16.4. The molecule has 0 bridgehead atoms. The van der Waals surface area contributed by atoms with Gasteiger partial charge in [0.15, 0.2) is 12.2 Å². The molecule has 0 aromatic rings. The van der Waals surface area contributed by atoms with Gasteiger partial charge < -0.3 is 127 Å². The maximum atomic E-state index is 13.3. The fourth-order valence-corrected chi connectivity index (χ4v) is 12.7. The van der Waals surface area contributed by atoms with Crippen molar-refractivity contribution < 1.29 is 95.1 Å². The fourth-order valence-electron chi connectivity index (χ4n) is 12.7. The summed E-state index contributed by atoms with van der Waals surface area (Å²) in [5.41, 5.74) is 0. The lowest BCUT2D eigenvalue weighted by Gasteiger charge is -2.27. The first-order valence-corrected chi connectivity index (χ1v) is 41.2. The Labute approximate surface area is 645 Å². The van der Waals surface area contributed by atoms with Crippen LogP contribution in [0.3, 0.4) is 0 Å². The van der Waals surface area contributed by atoms with Crippen LogP contribution in [0.2, 0.25) is 27.3 Å². The van der Waals surface area contributed by atoms with Crippen LogP contribution in [-0.4, -0.2) is 334 Å². The molecule has 0 aromatic carbocycles. The lowest BCUT2D eigenvalue weighted by atomic mass is 9.83. The van der Waals surface area contributed by atoms with Gasteiger partial charge in [0.1, 0.15) is 36.6 Å². The van der Waals surface area contributed by atoms with Gasteiger partial charge in [0.2, 0.25) is 17.7 Å². The third-order valence-electron chi connectivity index (χ3n) is 20.3. The van der Waals surface area contributed by atoms with Crippen molar-refractivity contribution in [2.75, 3.05) is 132 Å². The highest BCUT2D eigenvalue weighted by Gasteiger charge is 2.36. The van der Waals surface area contributed by atoms with Gasteiger partial charge in [-0.1, -0.05) is 141 Å². The van der Waals surface area contributed by atoms with Crippen molar-refractivity contribution in [3.05, 3.63) is 0 Å². The Kier molecular flexibility index (Phi) is 66.4. The molecule has 20 N–H and O–H groups in total. The lowest BCUT2D eigenvalue weighted by molar-refractivity contribution is -0.149. The van der Waals surface area contributed by atoms with Gasteiger partial charge >= 0.3 is 28.2 Å². The van der Waals surface area contributed by atoms with Crippen molar-refractivity contribution in [3.63, 3.8) is 0 Å². The van der Waals surface area contributed by atoms with Gasteiger partial charge in [-0.3, -0.25) is 24.0 Å². The van der Waals surface area contributed by atoms with Crippen molar-refractivity contribution in [2.45, 2.75) is 301 Å². The molecule has 0 aliphatic rings. The summed E-state index contributed by atoms with van der Waals surface area (Å²) in [4.78, 5) is 72.6. The number of rotatable bonds is 76. The van der Waals surface area contributed by atoms with Crippen LogP contribution in [0.1, 0.15) is 225 Å². The minimum atomic E-state index is -2.23. The molecule has 0 unspecified atom stereocenters. The van der Waals surface area contributed by atoms with Gasteiger partial charge in [-0.25, -0.2) is 0 Å². The largest absolute Gasteiger partial charge is 0.437 e. The molecule has 0 fully saturated rings. The molecule has 0 saturated carbocycles. The Hall–Kier alpha value is -3.19. The quantitative estimate of drug-likeness (QED) is 0.0291. The zero-order valence-corrected chi connectivity index (χ0v) is 67.0. The van der Waals surface area contributed by atoms with E-state index in [-0.39, 0.29) is 50.8 Å². The van der Waals surface area contributed by atoms with Gasteiger partial charge in [0.25, 0.3) is 11.8 Å². The predicted octanol–water partition coefficient (Wildman–Crippen LogP) is 0.509. The molecule has 0 aromatic heterocycles. The highest BCUT2D eigenvalue weighted by Crippen LogP contribution is 2.17. The molecule has 0 radical (unpaired) electrons. The normalized spacial score (nSPS) is 14.1. The van der Waals surface area contributed by atoms with Crippen molar-refractivity contribution in [3.8, 4) is 0 Å². The van der Waals surface area contributed by atoms with E-state index in [0.717, 1.165) is 186 Å². The second-order valence-electron chi connectivity index (χ2n) is 29.8. The molecule has 0 spiro atoms. The van der Waals surface area contributed by atoms with E-state index in [1.807, 2.05) is 37.4 Å². The molecule has 0 aliphatic heterocycles. The van der Waals surface area contributed by atoms with Crippen LogP contribution in [0.4, 0.5) is 0 Å². The SMILES string of the molecule is CB(O)N(C)CCCN(CCCCNCC(CCCCCCNC(=O)CCCCCCCCCCCCCCCCCCCCCCCNC(=O)CCC(=O)N(CCNC(=O)[C@@H](O)[C@H](O)[C@@H](O)[C@H](O)CO)CCNC(=O)[C@H](O)[C@@H](O)[C@H](O)[C@@H](O)CO)CNCCCCN(CCCN(C)B(C)O)B(C)O)B(C)O. The molecule has 34 heteroatoms. The van der Waals surface area contributed by atoms with E-state index in [4.69, 9.17) is 10.2 Å². The molecule has 8 atom stereocenters. The summed E-state index contributed by atoms with van der Waals surface area (Å²) in [6.07, 6.45) is 19.9. The summed E-state index contributed by atoms with van der Waals surface area (Å²) >= 11 is 0. The maximum absolute atomic E-state index is 13.3. The van der Waals surface area contributed by atoms with E-state index in [1.54, 1.807) is 13.6 Å². The fraction of sp³-hybridized carbons (Fsp3) is 0.932. The Balaban J connectivity index is 4.29. The average Bonchev–Trinajstić information content (AvgIpc) is 0.882. The lowest BCUT2D eigenvalue weighted by Crippen LogP contribution is -2.53. The van der Waals surface area contributed by atoms with Gasteiger partial charge in [0, 0.05) is 58.5 Å². The maximum Gasteiger partial charge on any atom is 0.376 e. The summed E-state index contributed by atoms with van der Waals surface area (Å²) in [7, 11) is 1.86. The monoisotopic (exact) mass is 1530 g/mol. The first-order valence-electron chi connectivity index (χ1n) is 41.2. The topological polar surface area (TPSA) is 457 Å². The number of nitrogens with one attached hydrogen (secondary N) is 6. The minimum absolute atomic E-state index is 0.173. The number of unbranched alkanes of at least 4 members (excludes halogenated alkanes) is 25. The summed E-state index contributed by atoms with van der Waals surface area (Å²) in [6, 6.07) is 0. The Morgan fingerprint density at radius 2 is 0.645 bits per heavy atom. The third kappa shape index (κ3) is 55.8. The minimum Gasteiger partial charge on any atom is -0.437 e. The number of nitrogens with zero attached hydrogens (tertiary/aromatic N) is 5. The molecule has 107 heavy (non-hydrogen) atoms. The number of aliphatic hydroxyl groups is 10. The number of carbonyl (C=O) groups is 5. The van der Waals surface area contributed by atoms with Crippen molar-refractivity contribution in [1.82, 2.24) is 56.0 Å². The average molecular weight is 1530 g/mol. The van der Waals surface area contributed by atoms with E-state index in [9.17, 15) is 84.9 Å². The third-order valence-corrected chi connectivity index (χ3v) is 20.3. The second kappa shape index (κ2) is 68.4. The Morgan fingerprint density at radius 3 is 0.991 bits per heavy atom. The smallest absolute Gasteiger partial charge is 0.376 e. The van der Waals surface area contributed by atoms with Crippen LogP contribution in [0.25, 0.3) is 0 Å². The standard InChI is InChI=1S/C73H153B4N11O19/c1-74(104)84(5)48-36-52-87(76(3)106)50-34-32-42-78-56-60(57-79-43-33-35-51-88(77(4)107)53-37-49-85(6)75(2)105)38-28-25-27-31-44-80-63(93)39-29-24-22-20-18-16-14-12-10-8-7-9-11-13-15-17-19-21-23-26-30-45-81-64(94)40-41-65(95)86(54-46-82-72(102)70(100)68(98)66(96)61(91)58-89)55-47-83-73(103)71(101)69(99)67(97)62(92)59-90/h60-62,66-71,78-79,89-92,96-101,104-107H,7-59H2,1-6H3,(H,80,93)(H,81,94)(H,82,102)(H,83,103)/t61-,62+,66+,67-,68-,69+,70+,71-. The van der Waals surface area contributed by atoms with Crippen LogP contribution in [-0.2, 0) is 24.0 Å². The second-order valence-corrected chi connectivity index (χ2v) is 29.8. The Morgan fingerprint density at radius 1 is 0.327 bits per heavy atom. The van der Waals surface area contributed by atoms with Crippen LogP contribution in [0.5, 0.6) is 0 Å². The van der Waals surface area contributed by atoms with Crippen LogP contribution in [0.15, 0.2) is 0 Å². The molecule has 626 valence electrons. The molecule has 5 amide bonds. The van der Waals surface area contributed by atoms with E-state index >= 15 is 0 Å². The van der Waals surface area contributed by atoms with Crippen molar-refractivity contribution in [2.24, 2.45) is 5.92 Å². The Bertz CT molecular complexity index is 2070. The number of aliphatic hydroxyl groups excluding tert-OH is 10. The zero-order chi connectivity index (χ0) is 80.0. The number of carbonyl (C=O) groups excluding carboxylic acids is 5. The van der Waals surface area contributed by atoms with Gasteiger partial charge in [-0.05, 0) is 177 Å². The summed E-state index contributed by atoms with van der Waals surface area (Å²) < 4.78 is 0. The number of amides is 5. The van der Waals surface area contributed by atoms with Crippen molar-refractivity contribution >= 4 is 57.7 Å². The number of hydrogen-bond donors (Lipinski definition) is 20. The summed E-state index contributed by atoms with van der Waals surface area (Å²) in [6.45, 7) is 13.9. The zero-order valence-electron chi connectivity index (χ0n) is 67.0. The van der Waals surface area contributed by atoms with Gasteiger partial charge in [-0.15, -0.1) is 0 Å². The molecular formula is C73H153B4N11O19. The molecular weight excluding hydrogens is 1380 g/mol. The van der Waals surface area contributed by atoms with E-state index in [0.29, 0.717) is 18.9 Å². The molecule has 0 rings (SSSR count). The van der Waals surface area contributed by atoms with Gasteiger partial charge in [-0.2, -0.15) is 0 Å².